The summed E-state index contributed by atoms with van der Waals surface area (Å²) in [5.74, 6) is 2.06. The number of carbonyl (C=O) groups excluding carboxylic acids is 1. The van der Waals surface area contributed by atoms with Crippen molar-refractivity contribution in [2.24, 2.45) is 0 Å². The van der Waals surface area contributed by atoms with Crippen molar-refractivity contribution < 1.29 is 31.1 Å². The molecule has 0 amide bonds. The summed E-state index contributed by atoms with van der Waals surface area (Å²) in [6, 6.07) is 15.3. The van der Waals surface area contributed by atoms with Crippen molar-refractivity contribution in [3.05, 3.63) is 71.1 Å². The predicted octanol–water partition coefficient (Wildman–Crippen LogP) is 0.938. The molecule has 2 heterocycles. The van der Waals surface area contributed by atoms with Gasteiger partial charge < -0.3 is 21.7 Å². The van der Waals surface area contributed by atoms with Crippen LogP contribution in [0.15, 0.2) is 54.7 Å². The highest BCUT2D eigenvalue weighted by molar-refractivity contribution is 6.33. The monoisotopic (exact) mass is 446 g/mol. The number of ketones is 1. The second-order valence-corrected chi connectivity index (χ2v) is 6.85. The van der Waals surface area contributed by atoms with Gasteiger partial charge in [0.2, 0.25) is 5.78 Å². The highest BCUT2D eigenvalue weighted by Gasteiger charge is 2.30. The first-order valence-corrected chi connectivity index (χ1v) is 9.09. The molecule has 0 spiro atoms. The van der Waals surface area contributed by atoms with Crippen molar-refractivity contribution >= 4 is 17.4 Å². The van der Waals surface area contributed by atoms with Gasteiger partial charge in [0.1, 0.15) is 11.9 Å². The van der Waals surface area contributed by atoms with Gasteiger partial charge >= 0.3 is 0 Å². The molecule has 2 aromatic carbocycles. The molecule has 0 aliphatic carbocycles. The average Bonchev–Trinajstić information content (AvgIpc) is 3.26. The number of benzene rings is 2. The third-order valence-corrected chi connectivity index (χ3v) is 5.20. The standard InChI is InChI=1S/C21H20ClN2O2.BrH/c1-26-16-10-8-15(9-11-16)19-13-23(21-7-4-12-24(19)21)14-20(25)17-5-2-3-6-18(17)22;/h2-3,5-6,8-11,13H,4,7,12,14H2,1H3;1H/q+1;/p-1. The van der Waals surface area contributed by atoms with Gasteiger partial charge in [0, 0.05) is 11.1 Å². The van der Waals surface area contributed by atoms with Gasteiger partial charge in [-0.3, -0.25) is 4.79 Å². The van der Waals surface area contributed by atoms with Crippen LogP contribution in [0.3, 0.4) is 0 Å². The lowest BCUT2D eigenvalue weighted by atomic mass is 10.1. The average molecular weight is 448 g/mol. The Morgan fingerprint density at radius 1 is 1.19 bits per heavy atom. The summed E-state index contributed by atoms with van der Waals surface area (Å²) >= 11 is 6.19. The van der Waals surface area contributed by atoms with E-state index in [9.17, 15) is 4.79 Å². The maximum atomic E-state index is 12.7. The molecule has 1 aromatic heterocycles. The van der Waals surface area contributed by atoms with Crippen molar-refractivity contribution in [3.63, 3.8) is 0 Å². The summed E-state index contributed by atoms with van der Waals surface area (Å²) < 4.78 is 9.62. The number of hydrogen-bond acceptors (Lipinski definition) is 2. The lowest BCUT2D eigenvalue weighted by Crippen LogP contribution is -3.00. The second kappa shape index (κ2) is 8.28. The molecular formula is C21H20BrClN2O2. The summed E-state index contributed by atoms with van der Waals surface area (Å²) in [5, 5.41) is 0.504. The van der Waals surface area contributed by atoms with Crippen LogP contribution >= 0.6 is 11.6 Å². The fourth-order valence-electron chi connectivity index (χ4n) is 3.57. The van der Waals surface area contributed by atoms with Crippen LogP contribution in [0.5, 0.6) is 5.75 Å². The van der Waals surface area contributed by atoms with E-state index in [2.05, 4.69) is 27.5 Å². The normalized spacial score (nSPS) is 12.4. The van der Waals surface area contributed by atoms with Gasteiger partial charge in [-0.05, 0) is 42.8 Å². The van der Waals surface area contributed by atoms with E-state index in [0.717, 1.165) is 36.4 Å². The molecule has 1 aliphatic rings. The summed E-state index contributed by atoms with van der Waals surface area (Å²) in [4.78, 5) is 12.7. The molecule has 27 heavy (non-hydrogen) atoms. The van der Waals surface area contributed by atoms with E-state index in [-0.39, 0.29) is 22.8 Å². The number of halogens is 2. The molecule has 0 saturated heterocycles. The van der Waals surface area contributed by atoms with Gasteiger partial charge in [-0.15, -0.1) is 0 Å². The number of carbonyl (C=O) groups is 1. The highest BCUT2D eigenvalue weighted by Crippen LogP contribution is 2.26. The van der Waals surface area contributed by atoms with Gasteiger partial charge in [0.05, 0.1) is 25.1 Å². The first-order valence-electron chi connectivity index (χ1n) is 8.71. The van der Waals surface area contributed by atoms with Crippen molar-refractivity contribution in [1.29, 1.82) is 0 Å². The number of ether oxygens (including phenoxy) is 1. The van der Waals surface area contributed by atoms with E-state index < -0.39 is 0 Å². The Hall–Kier alpha value is -2.11. The number of nitrogens with zero attached hydrogens (tertiary/aromatic N) is 2. The molecule has 6 heteroatoms. The Kier molecular flexibility index (Phi) is 6.02. The van der Waals surface area contributed by atoms with E-state index in [1.165, 1.54) is 5.82 Å². The summed E-state index contributed by atoms with van der Waals surface area (Å²) in [6.07, 6.45) is 4.15. The number of methoxy groups -OCH3 is 1. The van der Waals surface area contributed by atoms with Gasteiger partial charge in [-0.25, -0.2) is 9.13 Å². The molecule has 0 fully saturated rings. The van der Waals surface area contributed by atoms with Crippen LogP contribution in [0.2, 0.25) is 5.02 Å². The highest BCUT2D eigenvalue weighted by atomic mass is 79.9. The zero-order valence-corrected chi connectivity index (χ0v) is 17.3. The maximum Gasteiger partial charge on any atom is 0.257 e. The minimum atomic E-state index is 0. The predicted molar refractivity (Wildman–Crippen MR) is 101 cm³/mol. The molecule has 0 unspecified atom stereocenters. The fraction of sp³-hybridized carbons (Fsp3) is 0.238. The van der Waals surface area contributed by atoms with Crippen LogP contribution in [-0.4, -0.2) is 17.5 Å². The van der Waals surface area contributed by atoms with Gasteiger partial charge in [-0.2, -0.15) is 0 Å². The van der Waals surface area contributed by atoms with E-state index in [1.807, 2.05) is 24.3 Å². The molecule has 0 N–H and O–H groups in total. The molecular weight excluding hydrogens is 428 g/mol. The Morgan fingerprint density at radius 3 is 2.63 bits per heavy atom. The third kappa shape index (κ3) is 3.80. The first kappa shape index (κ1) is 19.6. The van der Waals surface area contributed by atoms with Crippen LogP contribution in [0, 0.1) is 0 Å². The van der Waals surface area contributed by atoms with E-state index in [1.54, 1.807) is 19.2 Å². The maximum absolute atomic E-state index is 12.7. The molecule has 4 nitrogen and oxygen atoms in total. The van der Waals surface area contributed by atoms with Crippen LogP contribution in [0.1, 0.15) is 22.6 Å². The van der Waals surface area contributed by atoms with Crippen molar-refractivity contribution in [2.75, 3.05) is 7.11 Å². The molecule has 0 saturated carbocycles. The van der Waals surface area contributed by atoms with E-state index in [0.29, 0.717) is 17.1 Å². The molecule has 1 aliphatic heterocycles. The van der Waals surface area contributed by atoms with E-state index in [4.69, 9.17) is 16.3 Å². The summed E-state index contributed by atoms with van der Waals surface area (Å²) in [6.45, 7) is 1.28. The molecule has 3 aromatic rings. The third-order valence-electron chi connectivity index (χ3n) is 4.87. The number of rotatable bonds is 5. The summed E-state index contributed by atoms with van der Waals surface area (Å²) in [7, 11) is 1.66. The number of Topliss-reactive ketones (excluding diaryl/α,β-unsaturated/α-hetero) is 1. The topological polar surface area (TPSA) is 35.1 Å². The zero-order chi connectivity index (χ0) is 18.1. The Labute approximate surface area is 174 Å². The van der Waals surface area contributed by atoms with E-state index >= 15 is 0 Å². The SMILES string of the molecule is COc1ccc(-c2c[n+](CC(=O)c3ccccc3Cl)c3n2CCC3)cc1.[Br-]. The lowest BCUT2D eigenvalue weighted by molar-refractivity contribution is -0.689. The van der Waals surface area contributed by atoms with Crippen LogP contribution in [0.4, 0.5) is 0 Å². The zero-order valence-electron chi connectivity index (χ0n) is 15.0. The van der Waals surface area contributed by atoms with Gasteiger partial charge in [0.25, 0.3) is 5.82 Å². The lowest BCUT2D eigenvalue weighted by Gasteiger charge is -2.02. The van der Waals surface area contributed by atoms with Gasteiger partial charge in [-0.1, -0.05) is 23.7 Å². The van der Waals surface area contributed by atoms with Crippen LogP contribution in [-0.2, 0) is 19.5 Å². The number of aromatic nitrogens is 2. The van der Waals surface area contributed by atoms with Crippen LogP contribution in [0.25, 0.3) is 11.3 Å². The smallest absolute Gasteiger partial charge is 0.257 e. The van der Waals surface area contributed by atoms with Crippen LogP contribution < -0.4 is 26.3 Å². The van der Waals surface area contributed by atoms with Crippen molar-refractivity contribution in [2.45, 2.75) is 25.9 Å². The number of hydrogen-bond donors (Lipinski definition) is 0. The second-order valence-electron chi connectivity index (χ2n) is 6.45. The first-order chi connectivity index (χ1) is 12.7. The quantitative estimate of drug-likeness (QED) is 0.431. The number of fused-ring (bicyclic) bond motifs is 1. The molecule has 140 valence electrons. The van der Waals surface area contributed by atoms with Gasteiger partial charge in [0.15, 0.2) is 12.2 Å². The number of imidazole rings is 1. The minimum absolute atomic E-state index is 0. The largest absolute Gasteiger partial charge is 1.00 e. The van der Waals surface area contributed by atoms with Crippen molar-refractivity contribution in [1.82, 2.24) is 4.57 Å². The Balaban J connectivity index is 0.00000210. The molecule has 0 radical (unpaired) electrons. The van der Waals surface area contributed by atoms with Crippen molar-refractivity contribution in [3.8, 4) is 17.0 Å². The summed E-state index contributed by atoms with van der Waals surface area (Å²) in [5.41, 5.74) is 2.83. The fourth-order valence-corrected chi connectivity index (χ4v) is 3.81. The Morgan fingerprint density at radius 2 is 1.93 bits per heavy atom. The molecule has 0 bridgehead atoms. The Bertz CT molecular complexity index is 967. The molecule has 0 atom stereocenters. The molecule has 4 rings (SSSR count). The minimum Gasteiger partial charge on any atom is -1.00 e.